The van der Waals surface area contributed by atoms with Gasteiger partial charge in [-0.2, -0.15) is 0 Å². The van der Waals surface area contributed by atoms with Gasteiger partial charge in [0.2, 0.25) is 0 Å². The summed E-state index contributed by atoms with van der Waals surface area (Å²) in [5, 5.41) is 2.89. The van der Waals surface area contributed by atoms with Crippen molar-refractivity contribution in [2.24, 2.45) is 5.92 Å². The molecule has 22 heavy (non-hydrogen) atoms. The molecule has 0 saturated heterocycles. The summed E-state index contributed by atoms with van der Waals surface area (Å²) in [6.07, 6.45) is 2.68. The van der Waals surface area contributed by atoms with Crippen LogP contribution in [0.25, 0.3) is 0 Å². The van der Waals surface area contributed by atoms with Crippen molar-refractivity contribution in [1.29, 1.82) is 0 Å². The van der Waals surface area contributed by atoms with E-state index in [1.54, 1.807) is 18.2 Å². The third-order valence-electron chi connectivity index (χ3n) is 3.29. The minimum Gasteiger partial charge on any atom is -0.497 e. The Bertz CT molecular complexity index is 499. The summed E-state index contributed by atoms with van der Waals surface area (Å²) in [4.78, 5) is 22.9. The molecule has 1 aromatic carbocycles. The molecule has 0 bridgehead atoms. The number of rotatable bonds is 9. The van der Waals surface area contributed by atoms with E-state index >= 15 is 0 Å². The Hall–Kier alpha value is -2.04. The molecule has 0 fully saturated rings. The molecule has 0 unspecified atom stereocenters. The van der Waals surface area contributed by atoms with E-state index in [1.165, 1.54) is 7.11 Å². The second kappa shape index (κ2) is 9.07. The molecule has 0 aliphatic rings. The van der Waals surface area contributed by atoms with Gasteiger partial charge in [0.15, 0.2) is 12.9 Å². The number of methoxy groups -OCH3 is 1. The van der Waals surface area contributed by atoms with E-state index in [0.717, 1.165) is 12.8 Å². The average Bonchev–Trinajstić information content (AvgIpc) is 2.50. The Labute approximate surface area is 132 Å². The molecule has 0 aliphatic carbocycles. The Morgan fingerprint density at radius 2 is 2.00 bits per heavy atom. The normalized spacial score (nSPS) is 11.9. The standard InChI is InChI=1S/C17H25NO4/c1-12(2)5-6-13(3)18-17(20)11-22-16-8-7-15(21-4)9-14(16)10-19/h7-10,12-13H,5-6,11H2,1-4H3,(H,18,20)/t13-/m0/s1. The van der Waals surface area contributed by atoms with Crippen LogP contribution in [0.1, 0.15) is 44.0 Å². The van der Waals surface area contributed by atoms with E-state index < -0.39 is 0 Å². The number of benzene rings is 1. The summed E-state index contributed by atoms with van der Waals surface area (Å²) in [5.74, 6) is 1.37. The van der Waals surface area contributed by atoms with Gasteiger partial charge < -0.3 is 14.8 Å². The van der Waals surface area contributed by atoms with Crippen molar-refractivity contribution in [2.75, 3.05) is 13.7 Å². The van der Waals surface area contributed by atoms with Gasteiger partial charge in [0.25, 0.3) is 5.91 Å². The molecule has 5 heteroatoms. The fourth-order valence-electron chi connectivity index (χ4n) is 1.99. The zero-order valence-corrected chi connectivity index (χ0v) is 13.7. The number of aldehydes is 1. The van der Waals surface area contributed by atoms with Crippen molar-refractivity contribution < 1.29 is 19.1 Å². The molecular weight excluding hydrogens is 282 g/mol. The van der Waals surface area contributed by atoms with E-state index in [9.17, 15) is 9.59 Å². The van der Waals surface area contributed by atoms with Crippen molar-refractivity contribution in [3.8, 4) is 11.5 Å². The smallest absolute Gasteiger partial charge is 0.258 e. The number of carbonyl (C=O) groups is 2. The van der Waals surface area contributed by atoms with Crippen LogP contribution in [0.2, 0.25) is 0 Å². The third-order valence-corrected chi connectivity index (χ3v) is 3.29. The van der Waals surface area contributed by atoms with Crippen LogP contribution in [-0.2, 0) is 4.79 Å². The van der Waals surface area contributed by atoms with E-state index in [2.05, 4.69) is 19.2 Å². The second-order valence-electron chi connectivity index (χ2n) is 5.75. The first-order chi connectivity index (χ1) is 10.5. The quantitative estimate of drug-likeness (QED) is 0.713. The lowest BCUT2D eigenvalue weighted by Gasteiger charge is -2.15. The molecule has 0 heterocycles. The topological polar surface area (TPSA) is 64.6 Å². The molecule has 1 aromatic rings. The highest BCUT2D eigenvalue weighted by molar-refractivity contribution is 5.81. The zero-order chi connectivity index (χ0) is 16.5. The Morgan fingerprint density at radius 3 is 2.59 bits per heavy atom. The van der Waals surface area contributed by atoms with Gasteiger partial charge in [-0.3, -0.25) is 9.59 Å². The number of ether oxygens (including phenoxy) is 2. The van der Waals surface area contributed by atoms with Gasteiger partial charge in [-0.25, -0.2) is 0 Å². The van der Waals surface area contributed by atoms with Crippen LogP contribution in [0.4, 0.5) is 0 Å². The Morgan fingerprint density at radius 1 is 1.27 bits per heavy atom. The highest BCUT2D eigenvalue weighted by atomic mass is 16.5. The summed E-state index contributed by atoms with van der Waals surface area (Å²) < 4.78 is 10.5. The zero-order valence-electron chi connectivity index (χ0n) is 13.7. The number of amides is 1. The summed E-state index contributed by atoms with van der Waals surface area (Å²) in [6, 6.07) is 4.99. The Balaban J connectivity index is 2.48. The monoisotopic (exact) mass is 307 g/mol. The van der Waals surface area contributed by atoms with Crippen LogP contribution in [0.5, 0.6) is 11.5 Å². The van der Waals surface area contributed by atoms with Gasteiger partial charge in [0.05, 0.1) is 12.7 Å². The van der Waals surface area contributed by atoms with Crippen LogP contribution >= 0.6 is 0 Å². The van der Waals surface area contributed by atoms with Crippen LogP contribution in [0, 0.1) is 5.92 Å². The van der Waals surface area contributed by atoms with Crippen molar-refractivity contribution >= 4 is 12.2 Å². The SMILES string of the molecule is COc1ccc(OCC(=O)N[C@@H](C)CCC(C)C)c(C=O)c1. The molecular formula is C17H25NO4. The maximum Gasteiger partial charge on any atom is 0.258 e. The minimum atomic E-state index is -0.191. The molecule has 5 nitrogen and oxygen atoms in total. The van der Waals surface area contributed by atoms with Gasteiger partial charge >= 0.3 is 0 Å². The van der Waals surface area contributed by atoms with Crippen LogP contribution in [0.3, 0.4) is 0 Å². The summed E-state index contributed by atoms with van der Waals surface area (Å²) >= 11 is 0. The third kappa shape index (κ3) is 6.16. The molecule has 0 aromatic heterocycles. The average molecular weight is 307 g/mol. The lowest BCUT2D eigenvalue weighted by Crippen LogP contribution is -2.36. The van der Waals surface area contributed by atoms with Crippen LogP contribution < -0.4 is 14.8 Å². The molecule has 0 saturated carbocycles. The van der Waals surface area contributed by atoms with E-state index in [0.29, 0.717) is 29.3 Å². The Kier molecular flexibility index (Phi) is 7.43. The molecule has 122 valence electrons. The van der Waals surface area contributed by atoms with Crippen molar-refractivity contribution in [3.63, 3.8) is 0 Å². The summed E-state index contributed by atoms with van der Waals surface area (Å²) in [6.45, 7) is 6.17. The first kappa shape index (κ1) is 18.0. The molecule has 0 spiro atoms. The summed E-state index contributed by atoms with van der Waals surface area (Å²) in [5.41, 5.74) is 0.361. The fraction of sp³-hybridized carbons (Fsp3) is 0.529. The van der Waals surface area contributed by atoms with Crippen LogP contribution in [-0.4, -0.2) is 32.0 Å². The van der Waals surface area contributed by atoms with E-state index in [-0.39, 0.29) is 18.6 Å². The number of hydrogen-bond acceptors (Lipinski definition) is 4. The predicted molar refractivity (Wildman–Crippen MR) is 85.6 cm³/mol. The van der Waals surface area contributed by atoms with E-state index in [1.807, 2.05) is 6.92 Å². The van der Waals surface area contributed by atoms with Crippen molar-refractivity contribution in [1.82, 2.24) is 5.32 Å². The fourth-order valence-corrected chi connectivity index (χ4v) is 1.99. The molecule has 0 aliphatic heterocycles. The number of hydrogen-bond donors (Lipinski definition) is 1. The number of nitrogens with one attached hydrogen (secondary N) is 1. The minimum absolute atomic E-state index is 0.111. The lowest BCUT2D eigenvalue weighted by molar-refractivity contribution is -0.123. The van der Waals surface area contributed by atoms with Gasteiger partial charge in [-0.05, 0) is 43.9 Å². The largest absolute Gasteiger partial charge is 0.497 e. The number of carbonyl (C=O) groups excluding carboxylic acids is 2. The van der Waals surface area contributed by atoms with Gasteiger partial charge in [0, 0.05) is 6.04 Å². The van der Waals surface area contributed by atoms with Gasteiger partial charge in [-0.1, -0.05) is 13.8 Å². The highest BCUT2D eigenvalue weighted by Gasteiger charge is 2.11. The maximum absolute atomic E-state index is 11.8. The van der Waals surface area contributed by atoms with Gasteiger partial charge in [-0.15, -0.1) is 0 Å². The molecule has 1 amide bonds. The van der Waals surface area contributed by atoms with Crippen molar-refractivity contribution in [3.05, 3.63) is 23.8 Å². The first-order valence-electron chi connectivity index (χ1n) is 7.51. The molecule has 1 rings (SSSR count). The first-order valence-corrected chi connectivity index (χ1v) is 7.51. The van der Waals surface area contributed by atoms with Crippen LogP contribution in [0.15, 0.2) is 18.2 Å². The van der Waals surface area contributed by atoms with Crippen molar-refractivity contribution in [2.45, 2.75) is 39.7 Å². The molecule has 1 atom stereocenters. The maximum atomic E-state index is 11.8. The molecule has 1 N–H and O–H groups in total. The predicted octanol–water partition coefficient (Wildman–Crippen LogP) is 2.83. The van der Waals surface area contributed by atoms with E-state index in [4.69, 9.17) is 9.47 Å². The lowest BCUT2D eigenvalue weighted by atomic mass is 10.0. The van der Waals surface area contributed by atoms with Gasteiger partial charge in [0.1, 0.15) is 11.5 Å². The summed E-state index contributed by atoms with van der Waals surface area (Å²) in [7, 11) is 1.52. The molecule has 0 radical (unpaired) electrons. The second-order valence-corrected chi connectivity index (χ2v) is 5.75. The highest BCUT2D eigenvalue weighted by Crippen LogP contribution is 2.22.